The Morgan fingerprint density at radius 3 is 2.89 bits per heavy atom. The molecule has 0 heterocycles. The fourth-order valence-corrected chi connectivity index (χ4v) is 2.19. The Kier molecular flexibility index (Phi) is 6.57. The van der Waals surface area contributed by atoms with Gasteiger partial charge in [0.1, 0.15) is 0 Å². The second-order valence-corrected chi connectivity index (χ2v) is 4.71. The molecular formula is C14H22IN3O. The summed E-state index contributed by atoms with van der Waals surface area (Å²) >= 11 is 0. The van der Waals surface area contributed by atoms with Crippen molar-refractivity contribution in [3.63, 3.8) is 0 Å². The molecule has 1 aromatic rings. The van der Waals surface area contributed by atoms with Crippen LogP contribution in [0.5, 0.6) is 0 Å². The number of aliphatic imine (C=N–C) groups is 1. The van der Waals surface area contributed by atoms with Crippen LogP contribution in [-0.4, -0.2) is 32.3 Å². The number of methoxy groups -OCH3 is 1. The number of nitrogens with two attached hydrogens (primary N) is 1. The number of nitrogens with zero attached hydrogens (tertiary/aromatic N) is 1. The summed E-state index contributed by atoms with van der Waals surface area (Å²) in [7, 11) is 1.66. The number of nitrogens with one attached hydrogen (secondary N) is 1. The Labute approximate surface area is 131 Å². The summed E-state index contributed by atoms with van der Waals surface area (Å²) in [6.45, 7) is 3.37. The summed E-state index contributed by atoms with van der Waals surface area (Å²) < 4.78 is 4.93. The molecule has 0 radical (unpaired) electrons. The SMILES string of the molecule is COCCN=C(N)NC1CC1c1ccccc1C.I. The molecular weight excluding hydrogens is 353 g/mol. The van der Waals surface area contributed by atoms with Gasteiger partial charge < -0.3 is 15.8 Å². The van der Waals surface area contributed by atoms with Crippen LogP contribution < -0.4 is 11.1 Å². The Morgan fingerprint density at radius 2 is 2.21 bits per heavy atom. The first-order valence-corrected chi connectivity index (χ1v) is 6.33. The van der Waals surface area contributed by atoms with E-state index in [1.807, 2.05) is 0 Å². The van der Waals surface area contributed by atoms with Crippen LogP contribution in [0.4, 0.5) is 0 Å². The number of hydrogen-bond acceptors (Lipinski definition) is 2. The van der Waals surface area contributed by atoms with Crippen molar-refractivity contribution in [3.05, 3.63) is 35.4 Å². The lowest BCUT2D eigenvalue weighted by molar-refractivity contribution is 0.208. The van der Waals surface area contributed by atoms with Gasteiger partial charge in [0.25, 0.3) is 0 Å². The van der Waals surface area contributed by atoms with E-state index in [4.69, 9.17) is 10.5 Å². The summed E-state index contributed by atoms with van der Waals surface area (Å²) in [5, 5.41) is 3.26. The summed E-state index contributed by atoms with van der Waals surface area (Å²) in [5.41, 5.74) is 8.58. The van der Waals surface area contributed by atoms with E-state index in [0.29, 0.717) is 31.1 Å². The summed E-state index contributed by atoms with van der Waals surface area (Å²) in [5.74, 6) is 1.09. The predicted molar refractivity (Wildman–Crippen MR) is 89.2 cm³/mol. The Morgan fingerprint density at radius 1 is 1.47 bits per heavy atom. The highest BCUT2D eigenvalue weighted by atomic mass is 127. The van der Waals surface area contributed by atoms with Gasteiger partial charge in [-0.05, 0) is 24.5 Å². The highest BCUT2D eigenvalue weighted by Crippen LogP contribution is 2.41. The number of guanidine groups is 1. The number of halogens is 1. The number of rotatable bonds is 5. The van der Waals surface area contributed by atoms with Crippen LogP contribution in [0.3, 0.4) is 0 Å². The van der Waals surface area contributed by atoms with Crippen LogP contribution >= 0.6 is 24.0 Å². The van der Waals surface area contributed by atoms with Crippen molar-refractivity contribution >= 4 is 29.9 Å². The summed E-state index contributed by atoms with van der Waals surface area (Å²) in [4.78, 5) is 4.20. The third-order valence-corrected chi connectivity index (χ3v) is 3.29. The third-order valence-electron chi connectivity index (χ3n) is 3.29. The molecule has 106 valence electrons. The van der Waals surface area contributed by atoms with Crippen molar-refractivity contribution in [3.8, 4) is 0 Å². The van der Waals surface area contributed by atoms with E-state index in [1.54, 1.807) is 7.11 Å². The number of ether oxygens (including phenoxy) is 1. The quantitative estimate of drug-likeness (QED) is 0.358. The van der Waals surface area contributed by atoms with Crippen molar-refractivity contribution in [1.29, 1.82) is 0 Å². The topological polar surface area (TPSA) is 59.6 Å². The largest absolute Gasteiger partial charge is 0.383 e. The van der Waals surface area contributed by atoms with Crippen LogP contribution in [0.25, 0.3) is 0 Å². The molecule has 0 amide bonds. The van der Waals surface area contributed by atoms with Crippen molar-refractivity contribution in [2.75, 3.05) is 20.3 Å². The van der Waals surface area contributed by atoms with E-state index in [2.05, 4.69) is 41.5 Å². The first-order chi connectivity index (χ1) is 8.72. The lowest BCUT2D eigenvalue weighted by Gasteiger charge is -2.07. The zero-order chi connectivity index (χ0) is 13.0. The minimum Gasteiger partial charge on any atom is -0.383 e. The minimum atomic E-state index is 0. The molecule has 0 bridgehead atoms. The molecule has 0 saturated heterocycles. The molecule has 4 nitrogen and oxygen atoms in total. The molecule has 1 aliphatic rings. The van der Waals surface area contributed by atoms with Gasteiger partial charge in [-0.1, -0.05) is 24.3 Å². The van der Waals surface area contributed by atoms with E-state index in [9.17, 15) is 0 Å². The predicted octanol–water partition coefficient (Wildman–Crippen LogP) is 2.02. The van der Waals surface area contributed by atoms with Crippen LogP contribution in [0.1, 0.15) is 23.5 Å². The van der Waals surface area contributed by atoms with E-state index in [1.165, 1.54) is 11.1 Å². The molecule has 1 fully saturated rings. The van der Waals surface area contributed by atoms with Gasteiger partial charge in [0.2, 0.25) is 0 Å². The van der Waals surface area contributed by atoms with Gasteiger partial charge in [-0.3, -0.25) is 4.99 Å². The lowest BCUT2D eigenvalue weighted by Crippen LogP contribution is -2.34. The normalized spacial score (nSPS) is 21.7. The van der Waals surface area contributed by atoms with Crippen LogP contribution in [0, 0.1) is 6.92 Å². The van der Waals surface area contributed by atoms with E-state index in [0.717, 1.165) is 6.42 Å². The molecule has 1 saturated carbocycles. The zero-order valence-corrected chi connectivity index (χ0v) is 13.8. The molecule has 2 atom stereocenters. The maximum atomic E-state index is 5.82. The minimum absolute atomic E-state index is 0. The second-order valence-electron chi connectivity index (χ2n) is 4.71. The average Bonchev–Trinajstić information content (AvgIpc) is 3.09. The van der Waals surface area contributed by atoms with Gasteiger partial charge in [0.05, 0.1) is 13.2 Å². The molecule has 1 aliphatic carbocycles. The van der Waals surface area contributed by atoms with E-state index < -0.39 is 0 Å². The van der Waals surface area contributed by atoms with Gasteiger partial charge >= 0.3 is 0 Å². The summed E-state index contributed by atoms with van der Waals surface area (Å²) in [6, 6.07) is 8.94. The van der Waals surface area contributed by atoms with Crippen molar-refractivity contribution < 1.29 is 4.74 Å². The molecule has 19 heavy (non-hydrogen) atoms. The Balaban J connectivity index is 0.00000180. The number of aryl methyl sites for hydroxylation is 1. The smallest absolute Gasteiger partial charge is 0.188 e. The molecule has 2 rings (SSSR count). The zero-order valence-electron chi connectivity index (χ0n) is 11.4. The highest BCUT2D eigenvalue weighted by molar-refractivity contribution is 14.0. The van der Waals surface area contributed by atoms with Gasteiger partial charge in [-0.2, -0.15) is 0 Å². The summed E-state index contributed by atoms with van der Waals surface area (Å²) in [6.07, 6.45) is 1.13. The molecule has 1 aromatic carbocycles. The maximum Gasteiger partial charge on any atom is 0.188 e. The molecule has 2 unspecified atom stereocenters. The third kappa shape index (κ3) is 4.65. The average molecular weight is 375 g/mol. The van der Waals surface area contributed by atoms with Gasteiger partial charge in [0, 0.05) is 19.1 Å². The Hall–Kier alpha value is -0.820. The van der Waals surface area contributed by atoms with Gasteiger partial charge in [-0.15, -0.1) is 24.0 Å². The highest BCUT2D eigenvalue weighted by Gasteiger charge is 2.39. The molecule has 0 aromatic heterocycles. The molecule has 0 aliphatic heterocycles. The first-order valence-electron chi connectivity index (χ1n) is 6.33. The van der Waals surface area contributed by atoms with Crippen molar-refractivity contribution in [2.45, 2.75) is 25.3 Å². The second kappa shape index (κ2) is 7.69. The lowest BCUT2D eigenvalue weighted by atomic mass is 10.0. The van der Waals surface area contributed by atoms with Crippen molar-refractivity contribution in [2.24, 2.45) is 10.7 Å². The standard InChI is InChI=1S/C14H21N3O.HI/c1-10-5-3-4-6-11(10)12-9-13(12)17-14(15)16-7-8-18-2;/h3-6,12-13H,7-9H2,1-2H3,(H3,15,16,17);1H. The maximum absolute atomic E-state index is 5.82. The number of benzene rings is 1. The van der Waals surface area contributed by atoms with Crippen LogP contribution in [-0.2, 0) is 4.74 Å². The van der Waals surface area contributed by atoms with E-state index in [-0.39, 0.29) is 24.0 Å². The molecule has 5 heteroatoms. The van der Waals surface area contributed by atoms with Gasteiger partial charge in [0.15, 0.2) is 5.96 Å². The van der Waals surface area contributed by atoms with Crippen LogP contribution in [0.15, 0.2) is 29.3 Å². The van der Waals surface area contributed by atoms with Crippen LogP contribution in [0.2, 0.25) is 0 Å². The Bertz CT molecular complexity index is 436. The van der Waals surface area contributed by atoms with Crippen molar-refractivity contribution in [1.82, 2.24) is 5.32 Å². The van der Waals surface area contributed by atoms with Gasteiger partial charge in [-0.25, -0.2) is 0 Å². The van der Waals surface area contributed by atoms with E-state index >= 15 is 0 Å². The monoisotopic (exact) mass is 375 g/mol. The first kappa shape index (κ1) is 16.2. The fourth-order valence-electron chi connectivity index (χ4n) is 2.19. The fraction of sp³-hybridized carbons (Fsp3) is 0.500. The molecule has 0 spiro atoms. The number of hydrogen-bond donors (Lipinski definition) is 2. The molecule has 3 N–H and O–H groups in total.